The van der Waals surface area contributed by atoms with Crippen molar-refractivity contribution in [1.29, 1.82) is 0 Å². The van der Waals surface area contributed by atoms with Crippen LogP contribution >= 0.6 is 11.8 Å². The predicted octanol–water partition coefficient (Wildman–Crippen LogP) is 0.745. The summed E-state index contributed by atoms with van der Waals surface area (Å²) >= 11 is 1.45. The fourth-order valence-corrected chi connectivity index (χ4v) is 6.05. The van der Waals surface area contributed by atoms with E-state index in [4.69, 9.17) is 0 Å². The molecule has 154 valence electrons. The minimum absolute atomic E-state index is 0.0273. The van der Waals surface area contributed by atoms with Crippen LogP contribution in [0, 0.1) is 11.8 Å². The van der Waals surface area contributed by atoms with Crippen LogP contribution in [-0.4, -0.2) is 80.4 Å². The number of hydrogen-bond donors (Lipinski definition) is 1. The van der Waals surface area contributed by atoms with E-state index in [9.17, 15) is 9.59 Å². The molecule has 3 aliphatic rings. The Morgan fingerprint density at radius 2 is 2.11 bits per heavy atom. The van der Waals surface area contributed by atoms with Gasteiger partial charge in [0, 0.05) is 45.7 Å². The monoisotopic (exact) mass is 406 g/mol. The first-order chi connectivity index (χ1) is 13.5. The highest BCUT2D eigenvalue weighted by molar-refractivity contribution is 7.99. The lowest BCUT2D eigenvalue weighted by atomic mass is 9.72. The Labute approximate surface area is 170 Å². The third-order valence-electron chi connectivity index (χ3n) is 6.53. The van der Waals surface area contributed by atoms with Crippen molar-refractivity contribution in [2.75, 3.05) is 31.9 Å². The van der Waals surface area contributed by atoms with Crippen LogP contribution in [0.5, 0.6) is 0 Å². The van der Waals surface area contributed by atoms with Crippen LogP contribution in [0.15, 0.2) is 11.5 Å². The Morgan fingerprint density at radius 3 is 2.86 bits per heavy atom. The molecule has 0 unspecified atom stereocenters. The van der Waals surface area contributed by atoms with Gasteiger partial charge in [0.25, 0.3) is 0 Å². The highest BCUT2D eigenvalue weighted by Gasteiger charge is 2.47. The molecule has 3 aliphatic heterocycles. The zero-order valence-electron chi connectivity index (χ0n) is 16.7. The van der Waals surface area contributed by atoms with Gasteiger partial charge < -0.3 is 14.8 Å². The fourth-order valence-electron chi connectivity index (χ4n) is 5.26. The van der Waals surface area contributed by atoms with E-state index in [1.54, 1.807) is 13.3 Å². The summed E-state index contributed by atoms with van der Waals surface area (Å²) in [5.41, 5.74) is 0. The van der Waals surface area contributed by atoms with Crippen molar-refractivity contribution in [2.24, 2.45) is 18.9 Å². The van der Waals surface area contributed by atoms with Crippen molar-refractivity contribution >= 4 is 23.6 Å². The molecule has 9 heteroatoms. The molecule has 0 saturated carbocycles. The molecule has 28 heavy (non-hydrogen) atoms. The zero-order valence-corrected chi connectivity index (χ0v) is 17.5. The molecule has 1 aromatic rings. The van der Waals surface area contributed by atoms with Crippen LogP contribution in [0.2, 0.25) is 0 Å². The fraction of sp³-hybridized carbons (Fsp3) is 0.789. The molecule has 1 N–H and O–H groups in total. The maximum absolute atomic E-state index is 12.9. The van der Waals surface area contributed by atoms with Gasteiger partial charge in [-0.05, 0) is 37.6 Å². The van der Waals surface area contributed by atoms with Crippen LogP contribution in [0.3, 0.4) is 0 Å². The molecule has 2 bridgehead atoms. The first-order valence-corrected chi connectivity index (χ1v) is 11.3. The molecular weight excluding hydrogens is 376 g/mol. The lowest BCUT2D eigenvalue weighted by Crippen LogP contribution is -2.66. The Hall–Kier alpha value is -1.61. The number of hydrogen-bond acceptors (Lipinski definition) is 6. The summed E-state index contributed by atoms with van der Waals surface area (Å²) in [6.07, 6.45) is 6.55. The number of fused-ring (bicyclic) bond motifs is 4. The molecule has 4 rings (SSSR count). The smallest absolute Gasteiger partial charge is 0.233 e. The molecule has 0 radical (unpaired) electrons. The summed E-state index contributed by atoms with van der Waals surface area (Å²) in [6, 6.07) is 0.887. The van der Waals surface area contributed by atoms with Gasteiger partial charge in [-0.15, -0.1) is 10.2 Å². The van der Waals surface area contributed by atoms with Gasteiger partial charge in [0.1, 0.15) is 6.33 Å². The first-order valence-electron chi connectivity index (χ1n) is 10.3. The summed E-state index contributed by atoms with van der Waals surface area (Å²) in [6.45, 7) is 5.06. The summed E-state index contributed by atoms with van der Waals surface area (Å²) in [5, 5.41) is 11.7. The molecule has 4 heterocycles. The van der Waals surface area contributed by atoms with Gasteiger partial charge in [0.15, 0.2) is 5.16 Å². The van der Waals surface area contributed by atoms with Gasteiger partial charge in [-0.3, -0.25) is 14.5 Å². The van der Waals surface area contributed by atoms with Gasteiger partial charge in [-0.25, -0.2) is 0 Å². The van der Waals surface area contributed by atoms with E-state index in [0.29, 0.717) is 36.2 Å². The molecule has 0 aromatic carbocycles. The van der Waals surface area contributed by atoms with Crippen LogP contribution in [-0.2, 0) is 16.6 Å². The van der Waals surface area contributed by atoms with Crippen LogP contribution in [0.1, 0.15) is 32.6 Å². The first kappa shape index (κ1) is 19.7. The highest BCUT2D eigenvalue weighted by atomic mass is 32.2. The number of thioether (sulfide) groups is 1. The average molecular weight is 407 g/mol. The van der Waals surface area contributed by atoms with E-state index in [-0.39, 0.29) is 11.8 Å². The number of amides is 2. The van der Waals surface area contributed by atoms with Gasteiger partial charge in [-0.1, -0.05) is 18.2 Å². The molecular formula is C19H30N6O2S. The van der Waals surface area contributed by atoms with Crippen molar-refractivity contribution in [3.8, 4) is 0 Å². The third kappa shape index (κ3) is 4.05. The van der Waals surface area contributed by atoms with Crippen LogP contribution < -0.4 is 5.32 Å². The summed E-state index contributed by atoms with van der Waals surface area (Å²) in [7, 11) is 1.89. The van der Waals surface area contributed by atoms with Gasteiger partial charge in [0.2, 0.25) is 11.8 Å². The number of piperidine rings is 3. The second kappa shape index (κ2) is 8.41. The van der Waals surface area contributed by atoms with Gasteiger partial charge in [0.05, 0.1) is 5.75 Å². The normalized spacial score (nSPS) is 30.0. The molecule has 0 aliphatic carbocycles. The molecule has 4 atom stereocenters. The predicted molar refractivity (Wildman–Crippen MR) is 107 cm³/mol. The second-order valence-corrected chi connectivity index (χ2v) is 9.32. The Bertz CT molecular complexity index is 725. The van der Waals surface area contributed by atoms with E-state index >= 15 is 0 Å². The average Bonchev–Trinajstić information content (AvgIpc) is 3.10. The number of aryl methyl sites for hydroxylation is 1. The lowest BCUT2D eigenvalue weighted by Gasteiger charge is -2.56. The molecule has 3 saturated heterocycles. The van der Waals surface area contributed by atoms with E-state index < -0.39 is 0 Å². The number of nitrogens with zero attached hydrogens (tertiary/aromatic N) is 5. The molecule has 0 spiro atoms. The Morgan fingerprint density at radius 1 is 1.29 bits per heavy atom. The second-order valence-electron chi connectivity index (χ2n) is 8.37. The Balaban J connectivity index is 1.43. The molecule has 1 aromatic heterocycles. The molecule has 3 fully saturated rings. The summed E-state index contributed by atoms with van der Waals surface area (Å²) < 4.78 is 1.84. The largest absolute Gasteiger partial charge is 0.355 e. The molecule has 8 nitrogen and oxygen atoms in total. The summed E-state index contributed by atoms with van der Waals surface area (Å²) in [4.78, 5) is 29.2. The Kier molecular flexibility index (Phi) is 5.91. The van der Waals surface area contributed by atoms with Crippen molar-refractivity contribution in [3.05, 3.63) is 6.33 Å². The van der Waals surface area contributed by atoms with E-state index in [1.165, 1.54) is 37.4 Å². The maximum Gasteiger partial charge on any atom is 0.233 e. The van der Waals surface area contributed by atoms with Crippen molar-refractivity contribution in [1.82, 2.24) is 29.9 Å². The van der Waals surface area contributed by atoms with Crippen LogP contribution in [0.25, 0.3) is 0 Å². The van der Waals surface area contributed by atoms with Gasteiger partial charge >= 0.3 is 0 Å². The quantitative estimate of drug-likeness (QED) is 0.727. The number of aromatic nitrogens is 3. The summed E-state index contributed by atoms with van der Waals surface area (Å²) in [5.74, 6) is 1.60. The zero-order chi connectivity index (χ0) is 19.7. The number of rotatable bonds is 5. The van der Waals surface area contributed by atoms with Crippen molar-refractivity contribution in [3.63, 3.8) is 0 Å². The SMILES string of the molecule is CC(=O)NC[C@H]1[C@H]2C[C@H](CN(C(=O)CSc3nncn3C)C2)[C@@H]2CCCCN21. The minimum Gasteiger partial charge on any atom is -0.355 e. The topological polar surface area (TPSA) is 83.4 Å². The van der Waals surface area contributed by atoms with E-state index in [1.807, 2.05) is 11.6 Å². The maximum atomic E-state index is 12.9. The van der Waals surface area contributed by atoms with E-state index in [2.05, 4.69) is 25.3 Å². The molecule has 2 amide bonds. The standard InChI is InChI=1S/C19H30N6O2S/c1-13(26)20-8-17-15-7-14(16-5-3-4-6-25(16)17)9-24(10-15)18(27)11-28-19-22-21-12-23(19)2/h12,14-17H,3-11H2,1-2H3,(H,20,26)/t14-,15+,16+,17+/m1/s1. The number of carbonyl (C=O) groups excluding carboxylic acids is 2. The third-order valence-corrected chi connectivity index (χ3v) is 7.55. The van der Waals surface area contributed by atoms with Crippen molar-refractivity contribution in [2.45, 2.75) is 49.8 Å². The number of carbonyl (C=O) groups is 2. The number of likely N-dealkylation sites (tertiary alicyclic amines) is 1. The number of nitrogens with one attached hydrogen (secondary N) is 1. The van der Waals surface area contributed by atoms with E-state index in [0.717, 1.165) is 24.8 Å². The minimum atomic E-state index is 0.0273. The van der Waals surface area contributed by atoms with Gasteiger partial charge in [-0.2, -0.15) is 0 Å². The van der Waals surface area contributed by atoms with Crippen molar-refractivity contribution < 1.29 is 9.59 Å². The van der Waals surface area contributed by atoms with Crippen LogP contribution in [0.4, 0.5) is 0 Å². The highest BCUT2D eigenvalue weighted by Crippen LogP contribution is 2.41. The lowest BCUT2D eigenvalue weighted by molar-refractivity contribution is -0.138.